The number of benzene rings is 1. The summed E-state index contributed by atoms with van der Waals surface area (Å²) in [6, 6.07) is 8.14. The van der Waals surface area contributed by atoms with E-state index < -0.39 is 0 Å². The molecule has 3 nitrogen and oxygen atoms in total. The fourth-order valence-corrected chi connectivity index (χ4v) is 2.38. The van der Waals surface area contributed by atoms with Gasteiger partial charge in [0.25, 0.3) is 5.91 Å². The molecule has 0 aliphatic heterocycles. The molecule has 19 heavy (non-hydrogen) atoms. The number of nitrogens with one attached hydrogen (secondary N) is 2. The Hall–Kier alpha value is -1.75. The summed E-state index contributed by atoms with van der Waals surface area (Å²) in [5.41, 5.74) is 2.38. The normalized spacial score (nSPS) is 10.4. The van der Waals surface area contributed by atoms with E-state index in [2.05, 4.69) is 10.3 Å². The molecule has 2 rings (SSSR count). The molecule has 0 aliphatic rings. The van der Waals surface area contributed by atoms with E-state index in [1.54, 1.807) is 36.2 Å². The molecule has 0 saturated carbocycles. The van der Waals surface area contributed by atoms with E-state index in [9.17, 15) is 9.18 Å². The molecule has 0 spiro atoms. The van der Waals surface area contributed by atoms with E-state index in [0.29, 0.717) is 12.2 Å². The minimum atomic E-state index is -0.247. The number of H-pyrrole nitrogens is 1. The van der Waals surface area contributed by atoms with Gasteiger partial charge >= 0.3 is 0 Å². The van der Waals surface area contributed by atoms with Crippen molar-refractivity contribution in [3.63, 3.8) is 0 Å². The summed E-state index contributed by atoms with van der Waals surface area (Å²) in [6.07, 6.45) is 3.66. The van der Waals surface area contributed by atoms with Crippen molar-refractivity contribution in [2.24, 2.45) is 0 Å². The molecule has 0 atom stereocenters. The maximum atomic E-state index is 13.2. The van der Waals surface area contributed by atoms with Gasteiger partial charge in [-0.05, 0) is 41.6 Å². The highest BCUT2D eigenvalue weighted by molar-refractivity contribution is 7.97. The van der Waals surface area contributed by atoms with Crippen molar-refractivity contribution < 1.29 is 9.18 Å². The highest BCUT2D eigenvalue weighted by Crippen LogP contribution is 2.16. The second-order valence-corrected chi connectivity index (χ2v) is 4.98. The predicted molar refractivity (Wildman–Crippen MR) is 75.6 cm³/mol. The zero-order valence-corrected chi connectivity index (χ0v) is 11.4. The smallest absolute Gasteiger partial charge is 0.267 e. The zero-order valence-electron chi connectivity index (χ0n) is 10.6. The Bertz CT molecular complexity index is 555. The van der Waals surface area contributed by atoms with Crippen LogP contribution >= 0.6 is 11.8 Å². The van der Waals surface area contributed by atoms with E-state index in [1.165, 1.54) is 12.1 Å². The van der Waals surface area contributed by atoms with Gasteiger partial charge in [-0.15, -0.1) is 0 Å². The lowest BCUT2D eigenvalue weighted by atomic mass is 10.1. The number of carbonyl (C=O) groups is 1. The van der Waals surface area contributed by atoms with Crippen molar-refractivity contribution in [3.05, 3.63) is 59.2 Å². The molecule has 2 aromatic rings. The number of halogens is 1. The van der Waals surface area contributed by atoms with Crippen LogP contribution in [-0.4, -0.2) is 17.1 Å². The van der Waals surface area contributed by atoms with E-state index >= 15 is 0 Å². The van der Waals surface area contributed by atoms with Gasteiger partial charge in [-0.2, -0.15) is 11.8 Å². The van der Waals surface area contributed by atoms with Crippen molar-refractivity contribution in [2.45, 2.75) is 12.3 Å². The van der Waals surface area contributed by atoms with Crippen LogP contribution in [0.4, 0.5) is 4.39 Å². The molecule has 0 radical (unpaired) electrons. The summed E-state index contributed by atoms with van der Waals surface area (Å²) < 4.78 is 13.2. The highest BCUT2D eigenvalue weighted by atomic mass is 32.2. The van der Waals surface area contributed by atoms with Crippen molar-refractivity contribution >= 4 is 17.7 Å². The molecule has 0 bridgehead atoms. The lowest BCUT2D eigenvalue weighted by Gasteiger charge is -2.10. The van der Waals surface area contributed by atoms with Gasteiger partial charge in [0, 0.05) is 18.5 Å². The minimum Gasteiger partial charge on any atom is -0.357 e. The van der Waals surface area contributed by atoms with Crippen LogP contribution in [0.25, 0.3) is 0 Å². The van der Waals surface area contributed by atoms with Gasteiger partial charge in [0.15, 0.2) is 0 Å². The third kappa shape index (κ3) is 3.61. The minimum absolute atomic E-state index is 0.163. The molecule has 0 fully saturated rings. The molecule has 0 saturated heterocycles. The Morgan fingerprint density at radius 2 is 2.21 bits per heavy atom. The molecule has 1 aromatic carbocycles. The quantitative estimate of drug-likeness (QED) is 0.883. The largest absolute Gasteiger partial charge is 0.357 e. The Morgan fingerprint density at radius 3 is 2.89 bits per heavy atom. The van der Waals surface area contributed by atoms with Gasteiger partial charge in [-0.25, -0.2) is 4.39 Å². The monoisotopic (exact) mass is 278 g/mol. The molecule has 0 aliphatic carbocycles. The van der Waals surface area contributed by atoms with Crippen LogP contribution in [0, 0.1) is 5.82 Å². The van der Waals surface area contributed by atoms with E-state index in [0.717, 1.165) is 16.9 Å². The van der Waals surface area contributed by atoms with Crippen LogP contribution < -0.4 is 5.32 Å². The second kappa shape index (κ2) is 6.43. The lowest BCUT2D eigenvalue weighted by molar-refractivity contribution is 0.0946. The van der Waals surface area contributed by atoms with Gasteiger partial charge in [0.05, 0.1) is 0 Å². The molecular weight excluding hydrogens is 263 g/mol. The van der Waals surface area contributed by atoms with Crippen LogP contribution in [-0.2, 0) is 12.3 Å². The first kappa shape index (κ1) is 13.7. The maximum absolute atomic E-state index is 13.2. The average Bonchev–Trinajstić information content (AvgIpc) is 2.92. The van der Waals surface area contributed by atoms with Gasteiger partial charge in [-0.3, -0.25) is 4.79 Å². The fourth-order valence-electron chi connectivity index (χ4n) is 1.80. The van der Waals surface area contributed by atoms with Crippen LogP contribution in [0.1, 0.15) is 21.6 Å². The Morgan fingerprint density at radius 1 is 1.37 bits per heavy atom. The van der Waals surface area contributed by atoms with Gasteiger partial charge in [0.2, 0.25) is 0 Å². The number of aromatic nitrogens is 1. The van der Waals surface area contributed by atoms with Gasteiger partial charge in [0.1, 0.15) is 11.5 Å². The first-order valence-electron chi connectivity index (χ1n) is 5.88. The number of aromatic amines is 1. The number of hydrogen-bond acceptors (Lipinski definition) is 2. The van der Waals surface area contributed by atoms with E-state index in [1.807, 2.05) is 6.26 Å². The maximum Gasteiger partial charge on any atom is 0.267 e. The molecule has 0 unspecified atom stereocenters. The molecule has 1 amide bonds. The Labute approximate surface area is 115 Å². The summed E-state index contributed by atoms with van der Waals surface area (Å²) >= 11 is 1.62. The molecule has 1 aromatic heterocycles. The predicted octanol–water partition coefficient (Wildman–Crippen LogP) is 2.95. The van der Waals surface area contributed by atoms with Crippen LogP contribution in [0.3, 0.4) is 0 Å². The summed E-state index contributed by atoms with van der Waals surface area (Å²) in [5, 5.41) is 2.82. The highest BCUT2D eigenvalue weighted by Gasteiger charge is 2.08. The van der Waals surface area contributed by atoms with Crippen LogP contribution in [0.5, 0.6) is 0 Å². The zero-order chi connectivity index (χ0) is 13.7. The molecule has 5 heteroatoms. The van der Waals surface area contributed by atoms with E-state index in [-0.39, 0.29) is 11.7 Å². The number of thioether (sulfide) groups is 1. The molecular formula is C14H15FN2OS. The van der Waals surface area contributed by atoms with Crippen LogP contribution in [0.2, 0.25) is 0 Å². The average molecular weight is 278 g/mol. The Kier molecular flexibility index (Phi) is 4.63. The second-order valence-electron chi connectivity index (χ2n) is 4.11. The summed E-state index contributed by atoms with van der Waals surface area (Å²) in [4.78, 5) is 14.6. The topological polar surface area (TPSA) is 44.9 Å². The third-order valence-corrected chi connectivity index (χ3v) is 3.35. The Balaban J connectivity index is 2.05. The number of hydrogen-bond donors (Lipinski definition) is 2. The summed E-state index contributed by atoms with van der Waals surface area (Å²) in [5.74, 6) is 0.318. The first-order chi connectivity index (χ1) is 9.20. The number of carbonyl (C=O) groups excluding carboxylic acids is 1. The van der Waals surface area contributed by atoms with Gasteiger partial charge in [-0.1, -0.05) is 6.07 Å². The first-order valence-corrected chi connectivity index (χ1v) is 7.28. The summed E-state index contributed by atoms with van der Waals surface area (Å²) in [7, 11) is 0. The van der Waals surface area contributed by atoms with Crippen molar-refractivity contribution in [2.75, 3.05) is 6.26 Å². The van der Waals surface area contributed by atoms with Crippen molar-refractivity contribution in [1.82, 2.24) is 10.3 Å². The third-order valence-electron chi connectivity index (χ3n) is 2.75. The number of rotatable bonds is 5. The van der Waals surface area contributed by atoms with Crippen molar-refractivity contribution in [3.8, 4) is 0 Å². The SMILES string of the molecule is CSCc1cc(F)ccc1CNC(=O)c1ccc[nH]1. The standard InChI is InChI=1S/C14H15FN2OS/c1-19-9-11-7-12(15)5-4-10(11)8-17-14(18)13-3-2-6-16-13/h2-7,16H,8-9H2,1H3,(H,17,18). The molecule has 100 valence electrons. The molecule has 2 N–H and O–H groups in total. The number of amides is 1. The lowest BCUT2D eigenvalue weighted by Crippen LogP contribution is -2.23. The van der Waals surface area contributed by atoms with E-state index in [4.69, 9.17) is 0 Å². The van der Waals surface area contributed by atoms with Crippen molar-refractivity contribution in [1.29, 1.82) is 0 Å². The fraction of sp³-hybridized carbons (Fsp3) is 0.214. The van der Waals surface area contributed by atoms with Crippen LogP contribution in [0.15, 0.2) is 36.5 Å². The summed E-state index contributed by atoms with van der Waals surface area (Å²) in [6.45, 7) is 0.397. The molecule has 1 heterocycles. The van der Waals surface area contributed by atoms with Gasteiger partial charge < -0.3 is 10.3 Å².